The van der Waals surface area contributed by atoms with Crippen LogP contribution in [0, 0.1) is 0 Å². The molecule has 0 unspecified atom stereocenters. The topological polar surface area (TPSA) is 96.7 Å². The van der Waals surface area contributed by atoms with Crippen LogP contribution in [0.1, 0.15) is 15.9 Å². The number of benzene rings is 2. The maximum absolute atomic E-state index is 12.0. The van der Waals surface area contributed by atoms with E-state index in [-0.39, 0.29) is 17.1 Å². The van der Waals surface area contributed by atoms with Crippen molar-refractivity contribution < 1.29 is 24.5 Å². The average Bonchev–Trinajstić information content (AvgIpc) is 2.64. The summed E-state index contributed by atoms with van der Waals surface area (Å²) in [5.74, 6) is -1.80. The Kier molecular flexibility index (Phi) is 4.94. The predicted octanol–water partition coefficient (Wildman–Crippen LogP) is 3.09. The predicted molar refractivity (Wildman–Crippen MR) is 95.8 cm³/mol. The Hall–Kier alpha value is -3.67. The molecule has 0 saturated heterocycles. The van der Waals surface area contributed by atoms with Gasteiger partial charge < -0.3 is 14.9 Å². The monoisotopic (exact) mass is 349 g/mol. The number of carbonyl (C=O) groups is 2. The van der Waals surface area contributed by atoms with Gasteiger partial charge in [-0.05, 0) is 24.3 Å². The van der Waals surface area contributed by atoms with Gasteiger partial charge in [0.05, 0.1) is 11.1 Å². The van der Waals surface area contributed by atoms with E-state index >= 15 is 0 Å². The number of Topliss-reactive ketones (excluding diaryl/α,β-unsaturated/α-hetero) is 1. The summed E-state index contributed by atoms with van der Waals surface area (Å²) in [5.41, 5.74) is 1.48. The molecule has 2 aromatic carbocycles. The molecule has 0 aliphatic rings. The molecule has 3 aromatic rings. The van der Waals surface area contributed by atoms with Crippen molar-refractivity contribution in [3.05, 3.63) is 71.9 Å². The minimum Gasteiger partial charge on any atom is -0.508 e. The Morgan fingerprint density at radius 2 is 1.88 bits per heavy atom. The molecule has 1 heterocycles. The van der Waals surface area contributed by atoms with Gasteiger partial charge in [0.2, 0.25) is 5.78 Å². The number of phenols is 2. The molecule has 0 radical (unpaired) electrons. The van der Waals surface area contributed by atoms with E-state index in [0.717, 1.165) is 22.5 Å². The van der Waals surface area contributed by atoms with Gasteiger partial charge in [-0.1, -0.05) is 24.3 Å². The number of nitrogens with zero attached hydrogens (tertiary/aromatic N) is 1. The van der Waals surface area contributed by atoms with E-state index in [1.165, 1.54) is 18.2 Å². The third-order valence-corrected chi connectivity index (χ3v) is 3.69. The van der Waals surface area contributed by atoms with Crippen molar-refractivity contribution in [2.45, 2.75) is 0 Å². The fraction of sp³-hybridized carbons (Fsp3) is 0.0500. The summed E-state index contributed by atoms with van der Waals surface area (Å²) in [6.45, 7) is -0.519. The van der Waals surface area contributed by atoms with Crippen molar-refractivity contribution >= 4 is 28.7 Å². The number of para-hydroxylation sites is 1. The number of aromatic hydroxyl groups is 2. The van der Waals surface area contributed by atoms with Crippen molar-refractivity contribution in [2.24, 2.45) is 0 Å². The van der Waals surface area contributed by atoms with Crippen LogP contribution in [-0.2, 0) is 9.53 Å². The Bertz CT molecular complexity index is 1000. The molecule has 1 aromatic heterocycles. The molecule has 0 amide bonds. The summed E-state index contributed by atoms with van der Waals surface area (Å²) in [6.07, 6.45) is 4.45. The molecule has 2 N–H and O–H groups in total. The molecule has 6 heteroatoms. The first-order chi connectivity index (χ1) is 12.5. The van der Waals surface area contributed by atoms with Crippen LogP contribution in [0.2, 0.25) is 0 Å². The summed E-state index contributed by atoms with van der Waals surface area (Å²) in [4.78, 5) is 28.1. The number of ketones is 1. The maximum Gasteiger partial charge on any atom is 0.331 e. The van der Waals surface area contributed by atoms with Gasteiger partial charge in [0.25, 0.3) is 0 Å². The molecule has 3 rings (SSSR count). The third kappa shape index (κ3) is 3.87. The number of phenolic OH excluding ortho intramolecular Hbond substituents is 2. The summed E-state index contributed by atoms with van der Waals surface area (Å²) < 4.78 is 4.91. The number of aromatic nitrogens is 1. The van der Waals surface area contributed by atoms with Crippen molar-refractivity contribution in [1.82, 2.24) is 4.98 Å². The second-order valence-corrected chi connectivity index (χ2v) is 5.49. The lowest BCUT2D eigenvalue weighted by Gasteiger charge is -2.05. The first-order valence-electron chi connectivity index (χ1n) is 7.78. The molecule has 0 aliphatic carbocycles. The second-order valence-electron chi connectivity index (χ2n) is 5.49. The van der Waals surface area contributed by atoms with Gasteiger partial charge in [-0.2, -0.15) is 0 Å². The zero-order valence-corrected chi connectivity index (χ0v) is 13.6. The Morgan fingerprint density at radius 1 is 1.08 bits per heavy atom. The van der Waals surface area contributed by atoms with Crippen LogP contribution in [0.4, 0.5) is 0 Å². The first kappa shape index (κ1) is 17.2. The quantitative estimate of drug-likeness (QED) is 0.417. The zero-order chi connectivity index (χ0) is 18.5. The van der Waals surface area contributed by atoms with Gasteiger partial charge in [0.1, 0.15) is 11.5 Å². The minimum absolute atomic E-state index is 0.0298. The highest BCUT2D eigenvalue weighted by Crippen LogP contribution is 2.23. The molecular weight excluding hydrogens is 334 g/mol. The van der Waals surface area contributed by atoms with Crippen LogP contribution < -0.4 is 0 Å². The Balaban J connectivity index is 1.65. The Labute approximate surface area is 149 Å². The molecule has 130 valence electrons. The highest BCUT2D eigenvalue weighted by molar-refractivity contribution is 6.01. The van der Waals surface area contributed by atoms with E-state index < -0.39 is 18.4 Å². The van der Waals surface area contributed by atoms with Crippen LogP contribution in [-0.4, -0.2) is 33.6 Å². The number of carbonyl (C=O) groups excluding carboxylic acids is 2. The van der Waals surface area contributed by atoms with E-state index in [1.807, 2.05) is 30.3 Å². The van der Waals surface area contributed by atoms with Gasteiger partial charge in [-0.25, -0.2) is 4.79 Å². The van der Waals surface area contributed by atoms with E-state index in [4.69, 9.17) is 4.74 Å². The minimum atomic E-state index is -0.690. The smallest absolute Gasteiger partial charge is 0.331 e. The summed E-state index contributed by atoms with van der Waals surface area (Å²) in [6, 6.07) is 12.9. The number of fused-ring (bicyclic) bond motifs is 1. The number of hydrogen-bond acceptors (Lipinski definition) is 6. The third-order valence-electron chi connectivity index (χ3n) is 3.69. The SMILES string of the molecule is O=C(/C=C/c1cccc2cccnc12)OCC(=O)c1ccc(O)cc1O. The highest BCUT2D eigenvalue weighted by atomic mass is 16.5. The van der Waals surface area contributed by atoms with Gasteiger partial charge in [0, 0.05) is 29.3 Å². The second kappa shape index (κ2) is 7.48. The van der Waals surface area contributed by atoms with E-state index in [2.05, 4.69) is 4.98 Å². The molecule has 0 spiro atoms. The average molecular weight is 349 g/mol. The van der Waals surface area contributed by atoms with Gasteiger partial charge in [-0.3, -0.25) is 9.78 Å². The van der Waals surface area contributed by atoms with Crippen molar-refractivity contribution in [3.8, 4) is 11.5 Å². The van der Waals surface area contributed by atoms with E-state index in [9.17, 15) is 19.8 Å². The summed E-state index contributed by atoms with van der Waals surface area (Å²) in [5, 5.41) is 19.8. The van der Waals surface area contributed by atoms with Gasteiger partial charge in [-0.15, -0.1) is 0 Å². The molecule has 6 nitrogen and oxygen atoms in total. The van der Waals surface area contributed by atoms with Gasteiger partial charge >= 0.3 is 5.97 Å². The van der Waals surface area contributed by atoms with Crippen LogP contribution >= 0.6 is 0 Å². The highest BCUT2D eigenvalue weighted by Gasteiger charge is 2.13. The summed E-state index contributed by atoms with van der Waals surface area (Å²) >= 11 is 0. The molecule has 0 atom stereocenters. The largest absolute Gasteiger partial charge is 0.508 e. The molecular formula is C20H15NO5. The standard InChI is InChI=1S/C20H15NO5/c22-15-7-8-16(17(23)11-15)18(24)12-26-19(25)9-6-14-4-1-3-13-5-2-10-21-20(13)14/h1-11,22-23H,12H2/b9-6+. The number of hydrogen-bond donors (Lipinski definition) is 2. The number of rotatable bonds is 5. The summed E-state index contributed by atoms with van der Waals surface area (Å²) in [7, 11) is 0. The normalized spacial score (nSPS) is 10.9. The van der Waals surface area contributed by atoms with Crippen molar-refractivity contribution in [1.29, 1.82) is 0 Å². The molecule has 26 heavy (non-hydrogen) atoms. The van der Waals surface area contributed by atoms with E-state index in [0.29, 0.717) is 0 Å². The molecule has 0 bridgehead atoms. The number of esters is 1. The van der Waals surface area contributed by atoms with Crippen LogP contribution in [0.3, 0.4) is 0 Å². The first-order valence-corrected chi connectivity index (χ1v) is 7.78. The fourth-order valence-corrected chi connectivity index (χ4v) is 2.44. The van der Waals surface area contributed by atoms with Crippen LogP contribution in [0.15, 0.2) is 60.8 Å². The maximum atomic E-state index is 12.0. The van der Waals surface area contributed by atoms with E-state index in [1.54, 1.807) is 12.3 Å². The lowest BCUT2D eigenvalue weighted by molar-refractivity contribution is -0.136. The molecule has 0 saturated carbocycles. The Morgan fingerprint density at radius 3 is 2.69 bits per heavy atom. The van der Waals surface area contributed by atoms with Crippen molar-refractivity contribution in [3.63, 3.8) is 0 Å². The van der Waals surface area contributed by atoms with Crippen LogP contribution in [0.25, 0.3) is 17.0 Å². The van der Waals surface area contributed by atoms with Gasteiger partial charge in [0.15, 0.2) is 6.61 Å². The number of pyridine rings is 1. The molecule has 0 fully saturated rings. The fourth-order valence-electron chi connectivity index (χ4n) is 2.44. The molecule has 0 aliphatic heterocycles. The lowest BCUT2D eigenvalue weighted by atomic mass is 10.1. The van der Waals surface area contributed by atoms with Crippen LogP contribution in [0.5, 0.6) is 11.5 Å². The number of ether oxygens (including phenoxy) is 1. The zero-order valence-electron chi connectivity index (χ0n) is 13.6. The lowest BCUT2D eigenvalue weighted by Crippen LogP contribution is -2.12. The van der Waals surface area contributed by atoms with Crippen molar-refractivity contribution in [2.75, 3.05) is 6.61 Å².